The van der Waals surface area contributed by atoms with Crippen LogP contribution < -0.4 is 16.2 Å². The first kappa shape index (κ1) is 20.1. The molecule has 1 amide bonds. The maximum absolute atomic E-state index is 13.0. The molecular formula is C20H26N4O4S. The van der Waals surface area contributed by atoms with E-state index >= 15 is 0 Å². The minimum Gasteiger partial charge on any atom is -0.447 e. The topological polar surface area (TPSA) is 104 Å². The molecule has 0 bridgehead atoms. The van der Waals surface area contributed by atoms with Gasteiger partial charge in [-0.3, -0.25) is 10.2 Å². The molecule has 1 aromatic heterocycles. The highest BCUT2D eigenvalue weighted by atomic mass is 32.2. The first-order valence-corrected chi connectivity index (χ1v) is 11.4. The molecule has 2 unspecified atom stereocenters. The van der Waals surface area contributed by atoms with Crippen molar-refractivity contribution in [3.05, 3.63) is 53.8 Å². The minimum atomic E-state index is -3.77. The summed E-state index contributed by atoms with van der Waals surface area (Å²) in [5.41, 5.74) is 7.08. The Morgan fingerprint density at radius 3 is 2.76 bits per heavy atom. The van der Waals surface area contributed by atoms with Crippen LogP contribution >= 0.6 is 0 Å². The molecule has 8 nitrogen and oxygen atoms in total. The third-order valence-electron chi connectivity index (χ3n) is 5.44. The van der Waals surface area contributed by atoms with E-state index in [1.165, 1.54) is 10.4 Å². The largest absolute Gasteiger partial charge is 0.447 e. The lowest BCUT2D eigenvalue weighted by molar-refractivity contribution is -0.126. The number of piperidine rings is 1. The van der Waals surface area contributed by atoms with Crippen molar-refractivity contribution in [3.63, 3.8) is 0 Å². The fraction of sp³-hybridized carbons (Fsp3) is 0.450. The Labute approximate surface area is 170 Å². The molecule has 2 saturated heterocycles. The van der Waals surface area contributed by atoms with E-state index in [1.807, 2.05) is 30.3 Å². The van der Waals surface area contributed by atoms with E-state index in [2.05, 4.69) is 16.2 Å². The molecule has 1 aromatic carbocycles. The molecule has 0 radical (unpaired) electrons. The second-order valence-electron chi connectivity index (χ2n) is 7.47. The summed E-state index contributed by atoms with van der Waals surface area (Å²) >= 11 is 0. The van der Waals surface area contributed by atoms with Crippen molar-refractivity contribution in [2.24, 2.45) is 5.92 Å². The molecule has 0 saturated carbocycles. The Bertz CT molecular complexity index is 938. The van der Waals surface area contributed by atoms with E-state index in [-0.39, 0.29) is 29.5 Å². The predicted octanol–water partition coefficient (Wildman–Crippen LogP) is 1.54. The Morgan fingerprint density at radius 2 is 2.00 bits per heavy atom. The lowest BCUT2D eigenvalue weighted by atomic mass is 9.99. The highest BCUT2D eigenvalue weighted by Crippen LogP contribution is 2.28. The number of benzene rings is 1. The third-order valence-corrected chi connectivity index (χ3v) is 7.18. The van der Waals surface area contributed by atoms with Gasteiger partial charge in [0.1, 0.15) is 5.76 Å². The number of nitrogens with zero attached hydrogens (tertiary/aromatic N) is 1. The summed E-state index contributed by atoms with van der Waals surface area (Å²) in [6.45, 7) is 1.80. The van der Waals surface area contributed by atoms with E-state index in [1.54, 1.807) is 6.07 Å². The van der Waals surface area contributed by atoms with Gasteiger partial charge in [-0.2, -0.15) is 4.31 Å². The predicted molar refractivity (Wildman–Crippen MR) is 107 cm³/mol. The average molecular weight is 419 g/mol. The van der Waals surface area contributed by atoms with E-state index in [0.717, 1.165) is 18.5 Å². The van der Waals surface area contributed by atoms with Gasteiger partial charge < -0.3 is 9.73 Å². The maximum Gasteiger partial charge on any atom is 0.276 e. The summed E-state index contributed by atoms with van der Waals surface area (Å²) in [6, 6.07) is 12.8. The van der Waals surface area contributed by atoms with Crippen molar-refractivity contribution in [3.8, 4) is 0 Å². The maximum atomic E-state index is 13.0. The smallest absolute Gasteiger partial charge is 0.276 e. The Morgan fingerprint density at radius 1 is 1.17 bits per heavy atom. The van der Waals surface area contributed by atoms with Crippen LogP contribution in [0.25, 0.3) is 0 Å². The standard InChI is InChI=1S/C20H26N4O4S/c25-20(21-13-15-5-2-1-3-6-15)16-7-4-12-24(14-16)29(26,27)19-9-8-18(28-19)17-10-11-22-23-17/h1-3,5-6,8-9,16-17,22-23H,4,7,10-14H2,(H,21,25). The highest BCUT2D eigenvalue weighted by molar-refractivity contribution is 7.89. The molecule has 29 heavy (non-hydrogen) atoms. The van der Waals surface area contributed by atoms with Gasteiger partial charge in [0.2, 0.25) is 11.0 Å². The summed E-state index contributed by atoms with van der Waals surface area (Å²) in [5, 5.41) is 2.86. The second kappa shape index (κ2) is 8.66. The van der Waals surface area contributed by atoms with Crippen molar-refractivity contribution in [2.75, 3.05) is 19.6 Å². The number of furan rings is 1. The van der Waals surface area contributed by atoms with Crippen molar-refractivity contribution in [2.45, 2.75) is 36.9 Å². The van der Waals surface area contributed by atoms with Crippen LogP contribution in [0.3, 0.4) is 0 Å². The third kappa shape index (κ3) is 4.53. The van der Waals surface area contributed by atoms with Gasteiger partial charge in [0, 0.05) is 26.2 Å². The summed E-state index contributed by atoms with van der Waals surface area (Å²) in [6.07, 6.45) is 2.15. The van der Waals surface area contributed by atoms with E-state index in [9.17, 15) is 13.2 Å². The number of carbonyl (C=O) groups is 1. The number of nitrogens with one attached hydrogen (secondary N) is 3. The fourth-order valence-corrected chi connectivity index (χ4v) is 5.23. The molecule has 3 heterocycles. The Balaban J connectivity index is 1.39. The zero-order chi connectivity index (χ0) is 20.3. The number of sulfonamides is 1. The van der Waals surface area contributed by atoms with Crippen molar-refractivity contribution in [1.29, 1.82) is 0 Å². The van der Waals surface area contributed by atoms with Crippen molar-refractivity contribution < 1.29 is 17.6 Å². The molecule has 0 aliphatic carbocycles. The van der Waals surface area contributed by atoms with Crippen LogP contribution in [0.1, 0.15) is 36.6 Å². The van der Waals surface area contributed by atoms with Crippen LogP contribution in [0, 0.1) is 5.92 Å². The van der Waals surface area contributed by atoms with Gasteiger partial charge in [-0.05, 0) is 37.0 Å². The van der Waals surface area contributed by atoms with Gasteiger partial charge >= 0.3 is 0 Å². The van der Waals surface area contributed by atoms with Crippen LogP contribution in [0.15, 0.2) is 52.0 Å². The van der Waals surface area contributed by atoms with Crippen LogP contribution in [0.5, 0.6) is 0 Å². The van der Waals surface area contributed by atoms with Crippen molar-refractivity contribution in [1.82, 2.24) is 20.5 Å². The lowest BCUT2D eigenvalue weighted by Gasteiger charge is -2.30. The molecule has 3 N–H and O–H groups in total. The SMILES string of the molecule is O=C(NCc1ccccc1)C1CCCN(S(=O)(=O)c2ccc(C3CCNN3)o2)C1. The zero-order valence-electron chi connectivity index (χ0n) is 16.1. The van der Waals surface area contributed by atoms with Crippen LogP contribution in [-0.2, 0) is 21.4 Å². The van der Waals surface area contributed by atoms with Crippen LogP contribution in [0.4, 0.5) is 0 Å². The summed E-state index contributed by atoms with van der Waals surface area (Å²) < 4.78 is 33.1. The number of hydrazine groups is 1. The minimum absolute atomic E-state index is 0.0307. The number of amides is 1. The van der Waals surface area contributed by atoms with Crippen molar-refractivity contribution >= 4 is 15.9 Å². The Hall–Kier alpha value is -2.20. The molecule has 156 valence electrons. The molecule has 2 fully saturated rings. The molecule has 4 rings (SSSR count). The molecule has 9 heteroatoms. The van der Waals surface area contributed by atoms with Gasteiger partial charge in [-0.1, -0.05) is 30.3 Å². The van der Waals surface area contributed by atoms with Gasteiger partial charge in [-0.15, -0.1) is 0 Å². The van der Waals surface area contributed by atoms with Crippen LogP contribution in [0.2, 0.25) is 0 Å². The first-order chi connectivity index (χ1) is 14.0. The van der Waals surface area contributed by atoms with Crippen LogP contribution in [-0.4, -0.2) is 38.3 Å². The number of carbonyl (C=O) groups excluding carboxylic acids is 1. The van der Waals surface area contributed by atoms with E-state index in [0.29, 0.717) is 31.7 Å². The van der Waals surface area contributed by atoms with E-state index < -0.39 is 10.0 Å². The highest BCUT2D eigenvalue weighted by Gasteiger charge is 2.35. The van der Waals surface area contributed by atoms with Gasteiger partial charge in [-0.25, -0.2) is 13.8 Å². The normalized spacial score (nSPS) is 23.2. The van der Waals surface area contributed by atoms with Gasteiger partial charge in [0.25, 0.3) is 10.0 Å². The van der Waals surface area contributed by atoms with Gasteiger partial charge in [0.05, 0.1) is 12.0 Å². The molecule has 2 aromatic rings. The second-order valence-corrected chi connectivity index (χ2v) is 9.34. The quantitative estimate of drug-likeness (QED) is 0.657. The first-order valence-electron chi connectivity index (χ1n) is 9.94. The molecule has 2 aliphatic rings. The monoisotopic (exact) mass is 418 g/mol. The molecular weight excluding hydrogens is 392 g/mol. The lowest BCUT2D eigenvalue weighted by Crippen LogP contribution is -2.45. The summed E-state index contributed by atoms with van der Waals surface area (Å²) in [5.74, 6) is 0.121. The number of hydrogen-bond acceptors (Lipinski definition) is 6. The van der Waals surface area contributed by atoms with Gasteiger partial charge in [0.15, 0.2) is 0 Å². The molecule has 0 spiro atoms. The number of hydrogen-bond donors (Lipinski definition) is 3. The van der Waals surface area contributed by atoms with E-state index in [4.69, 9.17) is 4.42 Å². The number of rotatable bonds is 6. The average Bonchev–Trinajstić information content (AvgIpc) is 3.45. The zero-order valence-corrected chi connectivity index (χ0v) is 17.0. The summed E-state index contributed by atoms with van der Waals surface area (Å²) in [7, 11) is -3.77. The Kier molecular flexibility index (Phi) is 6.00. The summed E-state index contributed by atoms with van der Waals surface area (Å²) in [4.78, 5) is 12.6. The fourth-order valence-electron chi connectivity index (χ4n) is 3.79. The molecule has 2 atom stereocenters. The molecule has 2 aliphatic heterocycles.